The van der Waals surface area contributed by atoms with Crippen molar-refractivity contribution < 1.29 is 14.7 Å². The van der Waals surface area contributed by atoms with Gasteiger partial charge in [-0.3, -0.25) is 14.5 Å². The van der Waals surface area contributed by atoms with Gasteiger partial charge < -0.3 is 10.4 Å². The average molecular weight is 584 g/mol. The van der Waals surface area contributed by atoms with E-state index in [-0.39, 0.29) is 12.5 Å². The van der Waals surface area contributed by atoms with Gasteiger partial charge in [-0.2, -0.15) is 0 Å². The molecule has 0 saturated heterocycles. The Morgan fingerprint density at radius 2 is 1.57 bits per heavy atom. The minimum absolute atomic E-state index is 0.0582. The summed E-state index contributed by atoms with van der Waals surface area (Å²) >= 11 is 1.51. The van der Waals surface area contributed by atoms with Gasteiger partial charge >= 0.3 is 5.97 Å². The maximum atomic E-state index is 12.8. The Hall–Kier alpha value is -3.81. The molecule has 0 radical (unpaired) electrons. The molecule has 1 heterocycles. The van der Waals surface area contributed by atoms with Crippen LogP contribution in [0.1, 0.15) is 77.5 Å². The first-order valence-corrected chi connectivity index (χ1v) is 15.7. The van der Waals surface area contributed by atoms with Crippen LogP contribution in [-0.2, 0) is 24.3 Å². The molecule has 0 aliphatic heterocycles. The zero-order chi connectivity index (χ0) is 29.7. The first-order valence-electron chi connectivity index (χ1n) is 14.8. The predicted octanol–water partition coefficient (Wildman–Crippen LogP) is 7.55. The lowest BCUT2D eigenvalue weighted by Crippen LogP contribution is -2.28. The van der Waals surface area contributed by atoms with E-state index < -0.39 is 5.97 Å². The van der Waals surface area contributed by atoms with E-state index in [0.29, 0.717) is 31.1 Å². The Labute approximate surface area is 253 Å². The molecule has 7 heteroatoms. The topological polar surface area (TPSA) is 82.5 Å². The fraction of sp³-hybridized carbons (Fsp3) is 0.343. The highest BCUT2D eigenvalue weighted by Gasteiger charge is 2.15. The van der Waals surface area contributed by atoms with Crippen molar-refractivity contribution in [2.45, 2.75) is 65.0 Å². The molecule has 0 bridgehead atoms. The standard InChI is InChI=1S/C35H41N3O3S/c1-3-8-28(9-4-2)29-14-12-26(13-15-29)20-21-36-35(41)31-18-16-30(17-19-31)32-25-42-33(37-32)23-38(24-34(39)40)22-27-10-6-5-7-11-27/h5-7,10-19,25,28H,3-4,8-9,20-24H2,1-2H3,(H,36,41)(H,39,40). The molecule has 0 atom stereocenters. The van der Waals surface area contributed by atoms with E-state index in [4.69, 9.17) is 4.98 Å². The lowest BCUT2D eigenvalue weighted by atomic mass is 9.90. The van der Waals surface area contributed by atoms with E-state index in [1.165, 1.54) is 48.1 Å². The molecule has 0 fully saturated rings. The second kappa shape index (κ2) is 16.0. The van der Waals surface area contributed by atoms with Crippen molar-refractivity contribution in [1.29, 1.82) is 0 Å². The van der Waals surface area contributed by atoms with Crippen LogP contribution in [0.2, 0.25) is 0 Å². The Morgan fingerprint density at radius 3 is 2.21 bits per heavy atom. The first kappa shape index (κ1) is 31.1. The molecule has 4 rings (SSSR count). The summed E-state index contributed by atoms with van der Waals surface area (Å²) in [7, 11) is 0. The number of aromatic nitrogens is 1. The first-order chi connectivity index (χ1) is 20.4. The van der Waals surface area contributed by atoms with Gasteiger partial charge in [0.2, 0.25) is 0 Å². The number of rotatable bonds is 16. The summed E-state index contributed by atoms with van der Waals surface area (Å²) in [4.78, 5) is 30.8. The van der Waals surface area contributed by atoms with E-state index in [1.54, 1.807) is 0 Å². The van der Waals surface area contributed by atoms with Crippen molar-refractivity contribution in [1.82, 2.24) is 15.2 Å². The third-order valence-corrected chi connectivity index (χ3v) is 8.22. The summed E-state index contributed by atoms with van der Waals surface area (Å²) in [5.74, 6) is -0.315. The molecule has 0 saturated carbocycles. The summed E-state index contributed by atoms with van der Waals surface area (Å²) in [6.07, 6.45) is 5.65. The van der Waals surface area contributed by atoms with Gasteiger partial charge in [0.05, 0.1) is 18.8 Å². The van der Waals surface area contributed by atoms with E-state index in [1.807, 2.05) is 64.9 Å². The molecular weight excluding hydrogens is 542 g/mol. The number of carboxylic acids is 1. The largest absolute Gasteiger partial charge is 0.480 e. The van der Waals surface area contributed by atoms with Gasteiger partial charge in [0.1, 0.15) is 5.01 Å². The van der Waals surface area contributed by atoms with Crippen LogP contribution in [-0.4, -0.2) is 40.0 Å². The van der Waals surface area contributed by atoms with Gasteiger partial charge in [-0.25, -0.2) is 4.98 Å². The Kier molecular flexibility index (Phi) is 11.9. The van der Waals surface area contributed by atoms with Gasteiger partial charge in [0, 0.05) is 29.6 Å². The van der Waals surface area contributed by atoms with Crippen LogP contribution >= 0.6 is 11.3 Å². The second-order valence-electron chi connectivity index (χ2n) is 10.8. The maximum Gasteiger partial charge on any atom is 0.317 e. The van der Waals surface area contributed by atoms with E-state index in [0.717, 1.165) is 28.2 Å². The molecule has 1 amide bonds. The molecule has 0 spiro atoms. The van der Waals surface area contributed by atoms with Crippen molar-refractivity contribution in [3.63, 3.8) is 0 Å². The fourth-order valence-electron chi connectivity index (χ4n) is 5.25. The van der Waals surface area contributed by atoms with Gasteiger partial charge in [-0.05, 0) is 54.0 Å². The minimum Gasteiger partial charge on any atom is -0.480 e. The molecule has 0 aliphatic carbocycles. The van der Waals surface area contributed by atoms with Crippen LogP contribution in [0, 0.1) is 0 Å². The van der Waals surface area contributed by atoms with E-state index in [2.05, 4.69) is 43.4 Å². The molecule has 220 valence electrons. The van der Waals surface area contributed by atoms with Crippen LogP contribution in [0.4, 0.5) is 0 Å². The van der Waals surface area contributed by atoms with Crippen molar-refractivity contribution in [2.75, 3.05) is 13.1 Å². The molecular formula is C35H41N3O3S. The normalized spacial score (nSPS) is 11.2. The van der Waals surface area contributed by atoms with Crippen LogP contribution < -0.4 is 5.32 Å². The number of nitrogens with zero attached hydrogens (tertiary/aromatic N) is 2. The van der Waals surface area contributed by atoms with E-state index in [9.17, 15) is 14.7 Å². The number of carboxylic acid groups (broad SMARTS) is 1. The third-order valence-electron chi connectivity index (χ3n) is 7.39. The lowest BCUT2D eigenvalue weighted by molar-refractivity contribution is -0.138. The van der Waals surface area contributed by atoms with Gasteiger partial charge in [0.15, 0.2) is 0 Å². The number of thiazole rings is 1. The molecule has 0 aliphatic rings. The maximum absolute atomic E-state index is 12.8. The SMILES string of the molecule is CCCC(CCC)c1ccc(CCNC(=O)c2ccc(-c3csc(CN(CC(=O)O)Cc4ccccc4)n3)cc2)cc1. The highest BCUT2D eigenvalue weighted by molar-refractivity contribution is 7.09. The summed E-state index contributed by atoms with van der Waals surface area (Å²) in [6.45, 7) is 6.00. The van der Waals surface area contributed by atoms with Crippen LogP contribution in [0.5, 0.6) is 0 Å². The van der Waals surface area contributed by atoms with Gasteiger partial charge in [-0.1, -0.05) is 93.4 Å². The molecule has 2 N–H and O–H groups in total. The summed E-state index contributed by atoms with van der Waals surface area (Å²) in [5, 5.41) is 15.2. The predicted molar refractivity (Wildman–Crippen MR) is 171 cm³/mol. The number of benzene rings is 3. The zero-order valence-electron chi connectivity index (χ0n) is 24.6. The number of carbonyl (C=O) groups is 2. The Morgan fingerprint density at radius 1 is 0.881 bits per heavy atom. The summed E-state index contributed by atoms with van der Waals surface area (Å²) < 4.78 is 0. The molecule has 0 unspecified atom stereocenters. The zero-order valence-corrected chi connectivity index (χ0v) is 25.4. The smallest absolute Gasteiger partial charge is 0.317 e. The number of aliphatic carboxylic acids is 1. The average Bonchev–Trinajstić information content (AvgIpc) is 3.46. The molecule has 1 aromatic heterocycles. The number of carbonyl (C=O) groups excluding carboxylic acids is 1. The van der Waals surface area contributed by atoms with Crippen LogP contribution in [0.15, 0.2) is 84.2 Å². The van der Waals surface area contributed by atoms with Crippen molar-refractivity contribution in [2.24, 2.45) is 0 Å². The Bertz CT molecular complexity index is 1400. The Balaban J connectivity index is 1.29. The van der Waals surface area contributed by atoms with Crippen molar-refractivity contribution >= 4 is 23.2 Å². The molecule has 6 nitrogen and oxygen atoms in total. The number of nitrogens with one attached hydrogen (secondary N) is 1. The summed E-state index contributed by atoms with van der Waals surface area (Å²) in [6, 6.07) is 26.2. The van der Waals surface area contributed by atoms with E-state index >= 15 is 0 Å². The highest BCUT2D eigenvalue weighted by Crippen LogP contribution is 2.27. The molecule has 42 heavy (non-hydrogen) atoms. The monoisotopic (exact) mass is 583 g/mol. The quantitative estimate of drug-likeness (QED) is 0.142. The summed E-state index contributed by atoms with van der Waals surface area (Å²) in [5.41, 5.74) is 6.06. The third kappa shape index (κ3) is 9.36. The van der Waals surface area contributed by atoms with Gasteiger partial charge in [-0.15, -0.1) is 11.3 Å². The molecule has 4 aromatic rings. The lowest BCUT2D eigenvalue weighted by Gasteiger charge is -2.19. The highest BCUT2D eigenvalue weighted by atomic mass is 32.1. The minimum atomic E-state index is -0.863. The molecule has 3 aromatic carbocycles. The number of amides is 1. The fourth-order valence-corrected chi connectivity index (χ4v) is 6.10. The number of hydrogen-bond donors (Lipinski definition) is 2. The van der Waals surface area contributed by atoms with Crippen molar-refractivity contribution in [3.8, 4) is 11.3 Å². The number of hydrogen-bond acceptors (Lipinski definition) is 5. The van der Waals surface area contributed by atoms with Crippen LogP contribution in [0.25, 0.3) is 11.3 Å². The second-order valence-corrected chi connectivity index (χ2v) is 11.7. The van der Waals surface area contributed by atoms with Crippen LogP contribution in [0.3, 0.4) is 0 Å². The van der Waals surface area contributed by atoms with Crippen molar-refractivity contribution in [3.05, 3.63) is 112 Å². The van der Waals surface area contributed by atoms with Gasteiger partial charge in [0.25, 0.3) is 5.91 Å².